The minimum Gasteiger partial charge on any atom is -0.493 e. The Labute approximate surface area is 214 Å². The number of hydrogen-bond donors (Lipinski definition) is 0. The fourth-order valence-electron chi connectivity index (χ4n) is 5.38. The number of rotatable bonds is 8. The van der Waals surface area contributed by atoms with Gasteiger partial charge in [0.2, 0.25) is 11.8 Å². The van der Waals surface area contributed by atoms with E-state index in [4.69, 9.17) is 16.3 Å². The van der Waals surface area contributed by atoms with Gasteiger partial charge in [-0.05, 0) is 68.4 Å². The first kappa shape index (κ1) is 25.6. The second kappa shape index (κ2) is 11.9. The van der Waals surface area contributed by atoms with E-state index in [1.54, 1.807) is 0 Å². The van der Waals surface area contributed by atoms with Crippen molar-refractivity contribution in [3.8, 4) is 5.75 Å². The lowest BCUT2D eigenvalue weighted by Gasteiger charge is -2.43. The number of carbonyl (C=O) groups is 2. The van der Waals surface area contributed by atoms with Crippen molar-refractivity contribution in [1.82, 2.24) is 9.80 Å². The molecule has 0 radical (unpaired) electrons. The minimum atomic E-state index is -0.278. The molecule has 35 heavy (non-hydrogen) atoms. The maximum atomic E-state index is 13.4. The Morgan fingerprint density at radius 2 is 1.57 bits per heavy atom. The summed E-state index contributed by atoms with van der Waals surface area (Å²) >= 11 is 6.03. The molecule has 0 unspecified atom stereocenters. The van der Waals surface area contributed by atoms with Gasteiger partial charge in [0.05, 0.1) is 12.5 Å². The number of carbonyl (C=O) groups excluding carboxylic acids is 2. The molecule has 4 rings (SSSR count). The lowest BCUT2D eigenvalue weighted by molar-refractivity contribution is -0.139. The van der Waals surface area contributed by atoms with Crippen LogP contribution in [0.3, 0.4) is 0 Å². The molecule has 0 aromatic heterocycles. The van der Waals surface area contributed by atoms with Gasteiger partial charge in [0.1, 0.15) is 5.75 Å². The highest BCUT2D eigenvalue weighted by molar-refractivity contribution is 6.30. The fraction of sp³-hybridized carbons (Fsp3) is 0.517. The monoisotopic (exact) mass is 496 g/mol. The van der Waals surface area contributed by atoms with Gasteiger partial charge in [-0.2, -0.15) is 0 Å². The van der Waals surface area contributed by atoms with Gasteiger partial charge in [-0.15, -0.1) is 0 Å². The van der Waals surface area contributed by atoms with Crippen LogP contribution in [0.4, 0.5) is 0 Å². The Morgan fingerprint density at radius 3 is 2.20 bits per heavy atom. The fourth-order valence-corrected chi connectivity index (χ4v) is 5.50. The second-order valence-corrected chi connectivity index (χ2v) is 10.5. The average Bonchev–Trinajstić information content (AvgIpc) is 2.90. The van der Waals surface area contributed by atoms with Crippen LogP contribution in [0.1, 0.15) is 63.4 Å². The number of amides is 2. The molecule has 2 amide bonds. The summed E-state index contributed by atoms with van der Waals surface area (Å²) in [7, 11) is 0. The van der Waals surface area contributed by atoms with Crippen molar-refractivity contribution in [1.29, 1.82) is 0 Å². The number of hydrogen-bond acceptors (Lipinski definition) is 3. The molecular formula is C29H37ClN2O3. The number of benzene rings is 2. The van der Waals surface area contributed by atoms with Gasteiger partial charge < -0.3 is 14.5 Å². The third-order valence-corrected chi connectivity index (χ3v) is 7.89. The van der Waals surface area contributed by atoms with Crippen LogP contribution in [0.5, 0.6) is 5.75 Å². The summed E-state index contributed by atoms with van der Waals surface area (Å²) in [4.78, 5) is 30.7. The van der Waals surface area contributed by atoms with Crippen molar-refractivity contribution in [2.75, 3.05) is 32.8 Å². The van der Waals surface area contributed by atoms with Gasteiger partial charge in [0, 0.05) is 43.0 Å². The minimum absolute atomic E-state index is 0.121. The van der Waals surface area contributed by atoms with Gasteiger partial charge in [-0.3, -0.25) is 9.59 Å². The highest BCUT2D eigenvalue weighted by atomic mass is 35.5. The van der Waals surface area contributed by atoms with Crippen molar-refractivity contribution in [2.45, 2.75) is 57.8 Å². The Hall–Kier alpha value is -2.53. The highest BCUT2D eigenvalue weighted by Gasteiger charge is 2.40. The highest BCUT2D eigenvalue weighted by Crippen LogP contribution is 2.38. The summed E-state index contributed by atoms with van der Waals surface area (Å²) in [5, 5.41) is 0.669. The second-order valence-electron chi connectivity index (χ2n) is 10.1. The van der Waals surface area contributed by atoms with Gasteiger partial charge in [-0.1, -0.05) is 48.9 Å². The first-order valence-electron chi connectivity index (χ1n) is 13.0. The third kappa shape index (κ3) is 6.58. The molecule has 0 spiro atoms. The molecule has 1 atom stereocenters. The predicted octanol–water partition coefficient (Wildman–Crippen LogP) is 5.92. The normalized spacial score (nSPS) is 18.7. The van der Waals surface area contributed by atoms with Crippen LogP contribution in [-0.4, -0.2) is 54.4 Å². The van der Waals surface area contributed by atoms with Crippen LogP contribution < -0.4 is 4.74 Å². The van der Waals surface area contributed by atoms with Crippen molar-refractivity contribution >= 4 is 23.4 Å². The Balaban J connectivity index is 1.44. The molecule has 188 valence electrons. The van der Waals surface area contributed by atoms with E-state index in [0.29, 0.717) is 31.1 Å². The van der Waals surface area contributed by atoms with Crippen molar-refractivity contribution in [2.24, 2.45) is 5.41 Å². The third-order valence-electron chi connectivity index (χ3n) is 7.64. The summed E-state index contributed by atoms with van der Waals surface area (Å²) in [5.74, 6) is 1.05. The molecule has 2 aromatic carbocycles. The summed E-state index contributed by atoms with van der Waals surface area (Å²) in [6.07, 6.45) is 6.14. The lowest BCUT2D eigenvalue weighted by atomic mass is 9.75. The van der Waals surface area contributed by atoms with Crippen LogP contribution in [0.2, 0.25) is 5.02 Å². The Bertz CT molecular complexity index is 965. The van der Waals surface area contributed by atoms with E-state index in [1.165, 1.54) is 6.42 Å². The van der Waals surface area contributed by atoms with Crippen LogP contribution >= 0.6 is 11.6 Å². The maximum Gasteiger partial charge on any atom is 0.230 e. The molecule has 0 N–H and O–H groups in total. The predicted molar refractivity (Wildman–Crippen MR) is 140 cm³/mol. The largest absolute Gasteiger partial charge is 0.493 e. The first-order valence-corrected chi connectivity index (χ1v) is 13.4. The summed E-state index contributed by atoms with van der Waals surface area (Å²) in [6.45, 7) is 5.55. The molecular weight excluding hydrogens is 460 g/mol. The van der Waals surface area contributed by atoms with Crippen molar-refractivity contribution in [3.05, 3.63) is 65.2 Å². The Morgan fingerprint density at radius 1 is 0.914 bits per heavy atom. The van der Waals surface area contributed by atoms with Crippen LogP contribution in [0.15, 0.2) is 54.6 Å². The van der Waals surface area contributed by atoms with E-state index in [1.807, 2.05) is 64.4 Å². The summed E-state index contributed by atoms with van der Waals surface area (Å²) in [6, 6.07) is 17.4. The number of nitrogens with zero attached hydrogens (tertiary/aromatic N) is 2. The number of piperidine rings is 2. The first-order chi connectivity index (χ1) is 17.0. The SMILES string of the molecule is CC[C@@H](C(=O)N1CCC(COc2ccc(Cl)cc2)(CC(=O)N2CCCCC2)CC1)c1ccccc1. The van der Waals surface area contributed by atoms with Gasteiger partial charge >= 0.3 is 0 Å². The number of ether oxygens (including phenoxy) is 1. The van der Waals surface area contributed by atoms with Gasteiger partial charge in [0.25, 0.3) is 0 Å². The number of likely N-dealkylation sites (tertiary alicyclic amines) is 2. The standard InChI is InChI=1S/C29H37ClN2O3/c1-2-26(23-9-5-3-6-10-23)28(34)32-19-15-29(16-20-32,21-27(33)31-17-7-4-8-18-31)22-35-25-13-11-24(30)12-14-25/h3,5-6,9-14,26H,2,4,7-8,15-22H2,1H3/t26-/m1/s1. The summed E-state index contributed by atoms with van der Waals surface area (Å²) < 4.78 is 6.19. The molecule has 5 nitrogen and oxygen atoms in total. The molecule has 2 heterocycles. The number of halogens is 1. The topological polar surface area (TPSA) is 49.9 Å². The molecule has 2 aromatic rings. The Kier molecular flexibility index (Phi) is 8.72. The quantitative estimate of drug-likeness (QED) is 0.455. The summed E-state index contributed by atoms with van der Waals surface area (Å²) in [5.41, 5.74) is 0.794. The lowest BCUT2D eigenvalue weighted by Crippen LogP contribution is -2.49. The van der Waals surface area contributed by atoms with Gasteiger partial charge in [-0.25, -0.2) is 0 Å². The average molecular weight is 497 g/mol. The molecule has 0 bridgehead atoms. The molecule has 2 saturated heterocycles. The molecule has 2 aliphatic heterocycles. The van der Waals surface area contributed by atoms with E-state index < -0.39 is 0 Å². The van der Waals surface area contributed by atoms with E-state index in [-0.39, 0.29) is 23.1 Å². The molecule has 0 saturated carbocycles. The zero-order valence-corrected chi connectivity index (χ0v) is 21.5. The molecule has 2 aliphatic rings. The zero-order chi connectivity index (χ0) is 24.7. The maximum absolute atomic E-state index is 13.4. The van der Waals surface area contributed by atoms with Crippen molar-refractivity contribution in [3.63, 3.8) is 0 Å². The van der Waals surface area contributed by atoms with E-state index >= 15 is 0 Å². The van der Waals surface area contributed by atoms with E-state index in [9.17, 15) is 9.59 Å². The smallest absolute Gasteiger partial charge is 0.230 e. The van der Waals surface area contributed by atoms with Crippen LogP contribution in [-0.2, 0) is 9.59 Å². The van der Waals surface area contributed by atoms with Crippen LogP contribution in [0, 0.1) is 5.41 Å². The zero-order valence-electron chi connectivity index (χ0n) is 20.8. The van der Waals surface area contributed by atoms with E-state index in [2.05, 4.69) is 6.92 Å². The van der Waals surface area contributed by atoms with Gasteiger partial charge in [0.15, 0.2) is 0 Å². The van der Waals surface area contributed by atoms with Crippen molar-refractivity contribution < 1.29 is 14.3 Å². The molecule has 6 heteroatoms. The van der Waals surface area contributed by atoms with Crippen LogP contribution in [0.25, 0.3) is 0 Å². The van der Waals surface area contributed by atoms with E-state index in [0.717, 1.165) is 56.5 Å². The molecule has 2 fully saturated rings. The molecule has 0 aliphatic carbocycles.